The molecule has 4 nitrogen and oxygen atoms in total. The van der Waals surface area contributed by atoms with E-state index in [-0.39, 0.29) is 6.54 Å². The third kappa shape index (κ3) is 1.44. The van der Waals surface area contributed by atoms with Crippen LogP contribution < -0.4 is 5.73 Å². The van der Waals surface area contributed by atoms with E-state index < -0.39 is 5.91 Å². The Bertz CT molecular complexity index is 492. The lowest BCUT2D eigenvalue weighted by atomic mass is 10.3. The second kappa shape index (κ2) is 3.31. The predicted octanol–water partition coefficient (Wildman–Crippen LogP) is 1.17. The van der Waals surface area contributed by atoms with Crippen LogP contribution in [0.2, 0.25) is 5.02 Å². The minimum absolute atomic E-state index is 0.0975. The topological polar surface area (TPSA) is 60.9 Å². The van der Waals surface area contributed by atoms with Gasteiger partial charge in [0, 0.05) is 0 Å². The standard InChI is InChI=1S/C9H8ClN3O/c10-6-2-1-3-7-9(6)13(5-12-7)4-8(11)14/h1-3,5H,4H2,(H2,11,14). The molecule has 0 aliphatic carbocycles. The van der Waals surface area contributed by atoms with E-state index in [1.165, 1.54) is 0 Å². The number of primary amides is 1. The molecule has 0 atom stereocenters. The maximum absolute atomic E-state index is 10.8. The molecule has 0 spiro atoms. The van der Waals surface area contributed by atoms with Crippen molar-refractivity contribution in [3.8, 4) is 0 Å². The summed E-state index contributed by atoms with van der Waals surface area (Å²) >= 11 is 5.97. The summed E-state index contributed by atoms with van der Waals surface area (Å²) in [6, 6.07) is 5.40. The molecule has 1 amide bonds. The van der Waals surface area contributed by atoms with Gasteiger partial charge in [-0.15, -0.1) is 0 Å². The van der Waals surface area contributed by atoms with E-state index in [1.807, 2.05) is 12.1 Å². The largest absolute Gasteiger partial charge is 0.368 e. The van der Waals surface area contributed by atoms with Gasteiger partial charge >= 0.3 is 0 Å². The molecular formula is C9H8ClN3O. The quantitative estimate of drug-likeness (QED) is 0.807. The van der Waals surface area contributed by atoms with Gasteiger partial charge in [-0.25, -0.2) is 4.98 Å². The van der Waals surface area contributed by atoms with Crippen LogP contribution in [0.25, 0.3) is 11.0 Å². The van der Waals surface area contributed by atoms with Crippen molar-refractivity contribution < 1.29 is 4.79 Å². The number of nitrogens with two attached hydrogens (primary N) is 1. The fourth-order valence-corrected chi connectivity index (χ4v) is 1.65. The monoisotopic (exact) mass is 209 g/mol. The molecule has 2 rings (SSSR count). The summed E-state index contributed by atoms with van der Waals surface area (Å²) in [7, 11) is 0. The highest BCUT2D eigenvalue weighted by Gasteiger charge is 2.07. The molecule has 1 aromatic heterocycles. The van der Waals surface area contributed by atoms with Crippen LogP contribution in [-0.2, 0) is 11.3 Å². The fourth-order valence-electron chi connectivity index (χ4n) is 1.37. The first kappa shape index (κ1) is 9.02. The summed E-state index contributed by atoms with van der Waals surface area (Å²) in [5.41, 5.74) is 6.60. The van der Waals surface area contributed by atoms with Crippen molar-refractivity contribution in [2.45, 2.75) is 6.54 Å². The number of fused-ring (bicyclic) bond motifs is 1. The molecule has 1 aromatic carbocycles. The second-order valence-electron chi connectivity index (χ2n) is 2.95. The van der Waals surface area contributed by atoms with E-state index in [0.29, 0.717) is 5.02 Å². The number of para-hydroxylation sites is 1. The van der Waals surface area contributed by atoms with Gasteiger partial charge in [-0.3, -0.25) is 4.79 Å². The van der Waals surface area contributed by atoms with Gasteiger partial charge in [0.05, 0.1) is 22.4 Å². The van der Waals surface area contributed by atoms with Crippen molar-refractivity contribution in [2.24, 2.45) is 5.73 Å². The number of nitrogens with zero attached hydrogens (tertiary/aromatic N) is 2. The molecule has 2 N–H and O–H groups in total. The summed E-state index contributed by atoms with van der Waals surface area (Å²) in [5, 5.41) is 0.571. The smallest absolute Gasteiger partial charge is 0.237 e. The zero-order valence-electron chi connectivity index (χ0n) is 7.27. The number of imidazole rings is 1. The first-order chi connectivity index (χ1) is 6.68. The summed E-state index contributed by atoms with van der Waals surface area (Å²) < 4.78 is 1.64. The molecule has 0 aliphatic rings. The van der Waals surface area contributed by atoms with E-state index in [0.717, 1.165) is 11.0 Å². The van der Waals surface area contributed by atoms with Crippen LogP contribution in [-0.4, -0.2) is 15.5 Å². The molecule has 0 saturated heterocycles. The highest BCUT2D eigenvalue weighted by Crippen LogP contribution is 2.21. The average molecular weight is 210 g/mol. The minimum atomic E-state index is -0.413. The van der Waals surface area contributed by atoms with E-state index in [1.54, 1.807) is 17.0 Å². The molecule has 2 aromatic rings. The van der Waals surface area contributed by atoms with Crippen molar-refractivity contribution in [1.82, 2.24) is 9.55 Å². The summed E-state index contributed by atoms with van der Waals surface area (Å²) in [6.45, 7) is 0.0975. The Morgan fingerprint density at radius 2 is 2.36 bits per heavy atom. The Labute approximate surface area is 85.3 Å². The van der Waals surface area contributed by atoms with E-state index >= 15 is 0 Å². The summed E-state index contributed by atoms with van der Waals surface area (Å²) in [5.74, 6) is -0.413. The van der Waals surface area contributed by atoms with Crippen LogP contribution >= 0.6 is 11.6 Å². The Kier molecular flexibility index (Phi) is 2.13. The van der Waals surface area contributed by atoms with Crippen LogP contribution in [0.4, 0.5) is 0 Å². The van der Waals surface area contributed by atoms with Gasteiger partial charge in [0.15, 0.2) is 0 Å². The van der Waals surface area contributed by atoms with E-state index in [9.17, 15) is 4.79 Å². The number of hydrogen-bond donors (Lipinski definition) is 1. The maximum Gasteiger partial charge on any atom is 0.237 e. The van der Waals surface area contributed by atoms with Crippen molar-refractivity contribution in [2.75, 3.05) is 0 Å². The van der Waals surface area contributed by atoms with Gasteiger partial charge in [0.1, 0.15) is 6.54 Å². The molecule has 0 unspecified atom stereocenters. The van der Waals surface area contributed by atoms with Crippen LogP contribution in [0.5, 0.6) is 0 Å². The third-order valence-corrected chi connectivity index (χ3v) is 2.22. The lowest BCUT2D eigenvalue weighted by molar-refractivity contribution is -0.118. The van der Waals surface area contributed by atoms with Gasteiger partial charge < -0.3 is 10.3 Å². The molecule has 1 heterocycles. The SMILES string of the molecule is NC(=O)Cn1cnc2cccc(Cl)c21. The number of halogens is 1. The number of carbonyl (C=O) groups excluding carboxylic acids is 1. The Morgan fingerprint density at radius 1 is 1.57 bits per heavy atom. The van der Waals surface area contributed by atoms with E-state index in [2.05, 4.69) is 4.98 Å². The van der Waals surface area contributed by atoms with Crippen molar-refractivity contribution in [1.29, 1.82) is 0 Å². The molecule has 0 radical (unpaired) electrons. The number of hydrogen-bond acceptors (Lipinski definition) is 2. The molecule has 5 heteroatoms. The van der Waals surface area contributed by atoms with E-state index in [4.69, 9.17) is 17.3 Å². The van der Waals surface area contributed by atoms with Gasteiger partial charge in [0.2, 0.25) is 5.91 Å². The number of carbonyl (C=O) groups is 1. The molecule has 0 saturated carbocycles. The van der Waals surface area contributed by atoms with Gasteiger partial charge in [-0.2, -0.15) is 0 Å². The second-order valence-corrected chi connectivity index (χ2v) is 3.35. The normalized spacial score (nSPS) is 10.6. The van der Waals surface area contributed by atoms with Crippen LogP contribution in [0.3, 0.4) is 0 Å². The lowest BCUT2D eigenvalue weighted by Crippen LogP contribution is -2.18. The fraction of sp³-hybridized carbons (Fsp3) is 0.111. The first-order valence-corrected chi connectivity index (χ1v) is 4.44. The Morgan fingerprint density at radius 3 is 3.07 bits per heavy atom. The molecule has 14 heavy (non-hydrogen) atoms. The highest BCUT2D eigenvalue weighted by atomic mass is 35.5. The van der Waals surface area contributed by atoms with Crippen LogP contribution in [0.1, 0.15) is 0 Å². The summed E-state index contributed by atoms with van der Waals surface area (Å²) in [6.07, 6.45) is 1.56. The molecule has 72 valence electrons. The van der Waals surface area contributed by atoms with Crippen LogP contribution in [0.15, 0.2) is 24.5 Å². The average Bonchev–Trinajstić information content (AvgIpc) is 2.49. The Balaban J connectivity index is 2.61. The maximum atomic E-state index is 10.8. The Hall–Kier alpha value is -1.55. The number of aromatic nitrogens is 2. The van der Waals surface area contributed by atoms with Gasteiger partial charge in [-0.05, 0) is 12.1 Å². The minimum Gasteiger partial charge on any atom is -0.368 e. The van der Waals surface area contributed by atoms with Crippen molar-refractivity contribution in [3.63, 3.8) is 0 Å². The summed E-state index contributed by atoms with van der Waals surface area (Å²) in [4.78, 5) is 14.9. The number of benzene rings is 1. The number of rotatable bonds is 2. The zero-order chi connectivity index (χ0) is 10.1. The molecule has 0 bridgehead atoms. The van der Waals surface area contributed by atoms with Crippen molar-refractivity contribution in [3.05, 3.63) is 29.5 Å². The third-order valence-electron chi connectivity index (χ3n) is 1.92. The number of amides is 1. The van der Waals surface area contributed by atoms with Gasteiger partial charge in [0.25, 0.3) is 0 Å². The highest BCUT2D eigenvalue weighted by molar-refractivity contribution is 6.35. The predicted molar refractivity (Wildman–Crippen MR) is 53.9 cm³/mol. The first-order valence-electron chi connectivity index (χ1n) is 4.06. The molecule has 0 fully saturated rings. The van der Waals surface area contributed by atoms with Gasteiger partial charge in [-0.1, -0.05) is 17.7 Å². The molecular weight excluding hydrogens is 202 g/mol. The van der Waals surface area contributed by atoms with Crippen LogP contribution in [0, 0.1) is 0 Å². The van der Waals surface area contributed by atoms with Crippen molar-refractivity contribution >= 4 is 28.5 Å². The lowest BCUT2D eigenvalue weighted by Gasteiger charge is -2.01. The zero-order valence-corrected chi connectivity index (χ0v) is 8.03. The molecule has 0 aliphatic heterocycles.